The van der Waals surface area contributed by atoms with Crippen LogP contribution in [0.25, 0.3) is 10.9 Å². The van der Waals surface area contributed by atoms with Crippen molar-refractivity contribution in [2.24, 2.45) is 5.92 Å². The fourth-order valence-corrected chi connectivity index (χ4v) is 2.98. The Hall–Kier alpha value is -2.06. The molecule has 1 aromatic heterocycles. The lowest BCUT2D eigenvalue weighted by molar-refractivity contribution is 0.104. The first-order chi connectivity index (χ1) is 10.6. The summed E-state index contributed by atoms with van der Waals surface area (Å²) in [6.07, 6.45) is 1.95. The van der Waals surface area contributed by atoms with Crippen molar-refractivity contribution in [3.05, 3.63) is 70.9 Å². The molecule has 0 saturated carbocycles. The number of ketones is 1. The molecule has 0 aliphatic heterocycles. The Morgan fingerprint density at radius 2 is 1.73 bits per heavy atom. The van der Waals surface area contributed by atoms with Gasteiger partial charge in [-0.3, -0.25) is 4.79 Å². The second-order valence-corrected chi connectivity index (χ2v) is 6.32. The molecule has 22 heavy (non-hydrogen) atoms. The van der Waals surface area contributed by atoms with Gasteiger partial charge in [0, 0.05) is 34.8 Å². The zero-order chi connectivity index (χ0) is 15.7. The highest BCUT2D eigenvalue weighted by Crippen LogP contribution is 2.27. The highest BCUT2D eigenvalue weighted by molar-refractivity contribution is 6.35. The molecule has 0 radical (unpaired) electrons. The Bertz CT molecular complexity index is 832. The average Bonchev–Trinajstić information content (AvgIpc) is 2.85. The number of para-hydroxylation sites is 1. The van der Waals surface area contributed by atoms with E-state index in [1.165, 1.54) is 0 Å². The van der Waals surface area contributed by atoms with Crippen LogP contribution in [0.5, 0.6) is 0 Å². The van der Waals surface area contributed by atoms with Crippen LogP contribution in [0.4, 0.5) is 0 Å². The number of nitrogens with zero attached hydrogens (tertiary/aromatic N) is 1. The monoisotopic (exact) mass is 311 g/mol. The van der Waals surface area contributed by atoms with Crippen LogP contribution in [0.1, 0.15) is 29.8 Å². The summed E-state index contributed by atoms with van der Waals surface area (Å²) in [7, 11) is 0. The van der Waals surface area contributed by atoms with Gasteiger partial charge in [-0.1, -0.05) is 55.8 Å². The van der Waals surface area contributed by atoms with Crippen molar-refractivity contribution in [1.29, 1.82) is 0 Å². The predicted octanol–water partition coefficient (Wildman–Crippen LogP) is 5.18. The van der Waals surface area contributed by atoms with Gasteiger partial charge in [0.05, 0.1) is 5.02 Å². The third-order valence-corrected chi connectivity index (χ3v) is 4.04. The molecule has 3 rings (SSSR count). The lowest BCUT2D eigenvalue weighted by atomic mass is 10.0. The average molecular weight is 312 g/mol. The summed E-state index contributed by atoms with van der Waals surface area (Å²) in [5.74, 6) is 0.489. The van der Waals surface area contributed by atoms with Crippen molar-refractivity contribution >= 4 is 28.3 Å². The van der Waals surface area contributed by atoms with Crippen molar-refractivity contribution in [2.45, 2.75) is 20.4 Å². The number of hydrogen-bond donors (Lipinski definition) is 0. The van der Waals surface area contributed by atoms with Gasteiger partial charge in [0.15, 0.2) is 5.78 Å². The van der Waals surface area contributed by atoms with Gasteiger partial charge in [-0.25, -0.2) is 0 Å². The molecule has 2 nitrogen and oxygen atoms in total. The molecule has 0 N–H and O–H groups in total. The molecule has 0 aliphatic carbocycles. The molecule has 0 saturated heterocycles. The number of halogens is 1. The van der Waals surface area contributed by atoms with Crippen LogP contribution in [0.2, 0.25) is 5.02 Å². The van der Waals surface area contributed by atoms with Crippen LogP contribution >= 0.6 is 11.6 Å². The highest BCUT2D eigenvalue weighted by Gasteiger charge is 2.18. The smallest absolute Gasteiger partial charge is 0.196 e. The minimum absolute atomic E-state index is 0.0238. The molecule has 0 amide bonds. The van der Waals surface area contributed by atoms with Crippen LogP contribution in [0.3, 0.4) is 0 Å². The van der Waals surface area contributed by atoms with Crippen molar-refractivity contribution in [3.63, 3.8) is 0 Å². The number of aromatic nitrogens is 1. The summed E-state index contributed by atoms with van der Waals surface area (Å²) in [6.45, 7) is 5.23. The first kappa shape index (κ1) is 14.9. The maximum atomic E-state index is 12.9. The van der Waals surface area contributed by atoms with E-state index < -0.39 is 0 Å². The second-order valence-electron chi connectivity index (χ2n) is 5.92. The third kappa shape index (κ3) is 2.67. The van der Waals surface area contributed by atoms with E-state index in [1.54, 1.807) is 12.1 Å². The number of hydrogen-bond acceptors (Lipinski definition) is 1. The van der Waals surface area contributed by atoms with Gasteiger partial charge in [0.2, 0.25) is 0 Å². The second kappa shape index (κ2) is 5.98. The highest BCUT2D eigenvalue weighted by atomic mass is 35.5. The molecule has 0 fully saturated rings. The molecule has 1 heterocycles. The van der Waals surface area contributed by atoms with E-state index in [1.807, 2.05) is 36.5 Å². The largest absolute Gasteiger partial charge is 0.346 e. The van der Waals surface area contributed by atoms with E-state index in [0.29, 0.717) is 22.1 Å². The van der Waals surface area contributed by atoms with Gasteiger partial charge in [-0.15, -0.1) is 0 Å². The topological polar surface area (TPSA) is 22.0 Å². The lowest BCUT2D eigenvalue weighted by Crippen LogP contribution is -2.04. The van der Waals surface area contributed by atoms with E-state index in [9.17, 15) is 4.79 Å². The quantitative estimate of drug-likeness (QED) is 0.608. The van der Waals surface area contributed by atoms with Crippen LogP contribution in [0, 0.1) is 5.92 Å². The molecule has 0 atom stereocenters. The minimum atomic E-state index is -0.0238. The molecule has 112 valence electrons. The van der Waals surface area contributed by atoms with Crippen molar-refractivity contribution < 1.29 is 4.79 Å². The van der Waals surface area contributed by atoms with Crippen LogP contribution in [-0.4, -0.2) is 10.4 Å². The van der Waals surface area contributed by atoms with Crippen molar-refractivity contribution in [3.8, 4) is 0 Å². The van der Waals surface area contributed by atoms with Crippen LogP contribution in [0.15, 0.2) is 54.7 Å². The molecular weight excluding hydrogens is 294 g/mol. The maximum absolute atomic E-state index is 12.9. The third-order valence-electron chi connectivity index (χ3n) is 3.71. The Kier molecular flexibility index (Phi) is 4.04. The zero-order valence-electron chi connectivity index (χ0n) is 12.7. The molecule has 3 heteroatoms. The maximum Gasteiger partial charge on any atom is 0.196 e. The fraction of sp³-hybridized carbons (Fsp3) is 0.211. The fourth-order valence-electron chi connectivity index (χ4n) is 2.76. The van der Waals surface area contributed by atoms with Gasteiger partial charge >= 0.3 is 0 Å². The van der Waals surface area contributed by atoms with E-state index in [2.05, 4.69) is 24.5 Å². The lowest BCUT2D eigenvalue weighted by Gasteiger charge is -2.07. The van der Waals surface area contributed by atoms with E-state index in [-0.39, 0.29) is 5.78 Å². The standard InChI is InChI=1S/C19H18ClNO/c1-13(2)11-21-12-16(14-7-4-6-10-18(14)21)19(22)15-8-3-5-9-17(15)20/h3-10,12-13H,11H2,1-2H3. The Balaban J connectivity index is 2.15. The first-order valence-corrected chi connectivity index (χ1v) is 7.83. The summed E-state index contributed by atoms with van der Waals surface area (Å²) in [4.78, 5) is 12.9. The molecule has 2 aromatic carbocycles. The van der Waals surface area contributed by atoms with E-state index >= 15 is 0 Å². The predicted molar refractivity (Wildman–Crippen MR) is 91.7 cm³/mol. The molecule has 3 aromatic rings. The molecule has 0 spiro atoms. The normalized spacial score (nSPS) is 11.3. The van der Waals surface area contributed by atoms with Crippen molar-refractivity contribution in [2.75, 3.05) is 0 Å². The summed E-state index contributed by atoms with van der Waals surface area (Å²) in [5.41, 5.74) is 2.35. The Labute approximate surface area is 135 Å². The van der Waals surface area contributed by atoms with Gasteiger partial charge in [0.1, 0.15) is 0 Å². The zero-order valence-corrected chi connectivity index (χ0v) is 13.5. The summed E-state index contributed by atoms with van der Waals surface area (Å²) >= 11 is 6.18. The Morgan fingerprint density at radius 3 is 2.45 bits per heavy atom. The summed E-state index contributed by atoms with van der Waals surface area (Å²) < 4.78 is 2.16. The van der Waals surface area contributed by atoms with Crippen LogP contribution < -0.4 is 0 Å². The van der Waals surface area contributed by atoms with Gasteiger partial charge < -0.3 is 4.57 Å². The van der Waals surface area contributed by atoms with Crippen LogP contribution in [-0.2, 0) is 6.54 Å². The number of carbonyl (C=O) groups excluding carboxylic acids is 1. The van der Waals surface area contributed by atoms with E-state index in [4.69, 9.17) is 11.6 Å². The number of fused-ring (bicyclic) bond motifs is 1. The molecule has 0 bridgehead atoms. The molecule has 0 aliphatic rings. The number of benzene rings is 2. The Morgan fingerprint density at radius 1 is 1.05 bits per heavy atom. The molecule has 0 unspecified atom stereocenters. The van der Waals surface area contributed by atoms with Crippen molar-refractivity contribution in [1.82, 2.24) is 4.57 Å². The van der Waals surface area contributed by atoms with E-state index in [0.717, 1.165) is 17.4 Å². The molecular formula is C19H18ClNO. The van der Waals surface area contributed by atoms with Gasteiger partial charge in [-0.05, 0) is 24.1 Å². The summed E-state index contributed by atoms with van der Waals surface area (Å²) in [6, 6.07) is 15.2. The van der Waals surface area contributed by atoms with Gasteiger partial charge in [-0.2, -0.15) is 0 Å². The first-order valence-electron chi connectivity index (χ1n) is 7.45. The summed E-state index contributed by atoms with van der Waals surface area (Å²) in [5, 5.41) is 1.47. The minimum Gasteiger partial charge on any atom is -0.346 e. The number of carbonyl (C=O) groups is 1. The number of rotatable bonds is 4. The van der Waals surface area contributed by atoms with Gasteiger partial charge in [0.25, 0.3) is 0 Å². The SMILES string of the molecule is CC(C)Cn1cc(C(=O)c2ccccc2Cl)c2ccccc21.